The Labute approximate surface area is 102 Å². The maximum absolute atomic E-state index is 10.3. The van der Waals surface area contributed by atoms with Crippen LogP contribution >= 0.6 is 0 Å². The molecule has 2 nitrogen and oxygen atoms in total. The van der Waals surface area contributed by atoms with Crippen LogP contribution in [0.3, 0.4) is 0 Å². The fourth-order valence-electron chi connectivity index (χ4n) is 1.98. The fourth-order valence-corrected chi connectivity index (χ4v) is 1.98. The summed E-state index contributed by atoms with van der Waals surface area (Å²) in [5, 5.41) is 10.3. The predicted octanol–water partition coefficient (Wildman–Crippen LogP) is 3.09. The Morgan fingerprint density at radius 1 is 0.941 bits per heavy atom. The van der Waals surface area contributed by atoms with Crippen LogP contribution in [0.1, 0.15) is 34.1 Å². The molecule has 1 aromatic carbocycles. The molecular formula is C15H17NO. The zero-order chi connectivity index (χ0) is 12.4. The van der Waals surface area contributed by atoms with E-state index in [0.717, 1.165) is 22.3 Å². The third kappa shape index (κ3) is 2.71. The van der Waals surface area contributed by atoms with Crippen LogP contribution in [0.5, 0.6) is 0 Å². The van der Waals surface area contributed by atoms with Crippen molar-refractivity contribution in [1.82, 2.24) is 4.98 Å². The van der Waals surface area contributed by atoms with Crippen LogP contribution in [0, 0.1) is 20.8 Å². The summed E-state index contributed by atoms with van der Waals surface area (Å²) in [6, 6.07) is 9.93. The van der Waals surface area contributed by atoms with Crippen molar-refractivity contribution in [3.8, 4) is 0 Å². The fraction of sp³-hybridized carbons (Fsp3) is 0.267. The molecule has 0 bridgehead atoms. The minimum absolute atomic E-state index is 0.644. The van der Waals surface area contributed by atoms with Crippen LogP contribution in [0.4, 0.5) is 0 Å². The first kappa shape index (κ1) is 11.8. The van der Waals surface area contributed by atoms with Gasteiger partial charge in [0, 0.05) is 6.20 Å². The topological polar surface area (TPSA) is 33.1 Å². The summed E-state index contributed by atoms with van der Waals surface area (Å²) < 4.78 is 0. The van der Waals surface area contributed by atoms with E-state index in [4.69, 9.17) is 0 Å². The van der Waals surface area contributed by atoms with Gasteiger partial charge in [0.05, 0.1) is 5.69 Å². The first-order chi connectivity index (χ1) is 8.06. The highest BCUT2D eigenvalue weighted by Gasteiger charge is 2.12. The molecule has 0 aliphatic carbocycles. The zero-order valence-electron chi connectivity index (χ0n) is 10.4. The molecule has 2 heteroatoms. The minimum Gasteiger partial charge on any atom is -0.382 e. The Morgan fingerprint density at radius 2 is 1.59 bits per heavy atom. The summed E-state index contributed by atoms with van der Waals surface area (Å²) in [6.45, 7) is 6.05. The van der Waals surface area contributed by atoms with Crippen LogP contribution in [0.15, 0.2) is 36.5 Å². The van der Waals surface area contributed by atoms with Crippen molar-refractivity contribution >= 4 is 0 Å². The Bertz CT molecular complexity index is 497. The van der Waals surface area contributed by atoms with Crippen molar-refractivity contribution < 1.29 is 5.11 Å². The van der Waals surface area contributed by atoms with E-state index in [2.05, 4.69) is 11.1 Å². The molecule has 1 atom stereocenters. The molecule has 0 spiro atoms. The van der Waals surface area contributed by atoms with Gasteiger partial charge in [0.25, 0.3) is 0 Å². The van der Waals surface area contributed by atoms with Crippen LogP contribution < -0.4 is 0 Å². The van der Waals surface area contributed by atoms with E-state index in [1.54, 1.807) is 6.20 Å². The van der Waals surface area contributed by atoms with E-state index in [-0.39, 0.29) is 0 Å². The molecule has 2 rings (SSSR count). The number of benzene rings is 1. The van der Waals surface area contributed by atoms with Gasteiger partial charge in [0.15, 0.2) is 0 Å². The predicted molar refractivity (Wildman–Crippen MR) is 69.0 cm³/mol. The first-order valence-electron chi connectivity index (χ1n) is 5.75. The normalized spacial score (nSPS) is 12.5. The van der Waals surface area contributed by atoms with E-state index in [1.165, 1.54) is 0 Å². The molecule has 0 aliphatic heterocycles. The van der Waals surface area contributed by atoms with Crippen molar-refractivity contribution in [2.45, 2.75) is 26.9 Å². The molecule has 1 heterocycles. The molecule has 17 heavy (non-hydrogen) atoms. The number of aliphatic hydroxyl groups excluding tert-OH is 1. The molecule has 1 N–H and O–H groups in total. The largest absolute Gasteiger partial charge is 0.382 e. The molecule has 0 saturated heterocycles. The van der Waals surface area contributed by atoms with E-state index < -0.39 is 6.10 Å². The number of rotatable bonds is 2. The van der Waals surface area contributed by atoms with E-state index >= 15 is 0 Å². The molecular weight excluding hydrogens is 210 g/mol. The Kier molecular flexibility index (Phi) is 3.25. The second kappa shape index (κ2) is 4.68. The van der Waals surface area contributed by atoms with E-state index in [0.29, 0.717) is 5.69 Å². The van der Waals surface area contributed by atoms with Crippen molar-refractivity contribution in [2.24, 2.45) is 0 Å². The van der Waals surface area contributed by atoms with Crippen molar-refractivity contribution in [1.29, 1.82) is 0 Å². The lowest BCUT2D eigenvalue weighted by molar-refractivity contribution is 0.215. The van der Waals surface area contributed by atoms with Gasteiger partial charge in [-0.3, -0.25) is 4.98 Å². The monoisotopic (exact) mass is 227 g/mol. The van der Waals surface area contributed by atoms with Crippen LogP contribution in [-0.2, 0) is 0 Å². The molecule has 0 radical (unpaired) electrons. The quantitative estimate of drug-likeness (QED) is 0.855. The van der Waals surface area contributed by atoms with Gasteiger partial charge >= 0.3 is 0 Å². The third-order valence-electron chi connectivity index (χ3n) is 2.77. The highest BCUT2D eigenvalue weighted by molar-refractivity contribution is 5.33. The second-order valence-electron chi connectivity index (χ2n) is 4.58. The zero-order valence-corrected chi connectivity index (χ0v) is 10.4. The number of aliphatic hydroxyl groups is 1. The average Bonchev–Trinajstić information content (AvgIpc) is 2.28. The van der Waals surface area contributed by atoms with Gasteiger partial charge in [-0.05, 0) is 38.0 Å². The van der Waals surface area contributed by atoms with Gasteiger partial charge in [0.2, 0.25) is 0 Å². The van der Waals surface area contributed by atoms with Crippen molar-refractivity contribution in [2.75, 3.05) is 0 Å². The Morgan fingerprint density at radius 3 is 2.12 bits per heavy atom. The molecule has 2 aromatic rings. The molecule has 0 aliphatic rings. The molecule has 1 unspecified atom stereocenters. The smallest absolute Gasteiger partial charge is 0.121 e. The van der Waals surface area contributed by atoms with Gasteiger partial charge < -0.3 is 5.11 Å². The Hall–Kier alpha value is -1.67. The molecule has 0 fully saturated rings. The lowest BCUT2D eigenvalue weighted by atomic mass is 10.0. The molecule has 0 amide bonds. The van der Waals surface area contributed by atoms with E-state index in [9.17, 15) is 5.11 Å². The summed E-state index contributed by atoms with van der Waals surface area (Å²) >= 11 is 0. The van der Waals surface area contributed by atoms with Crippen LogP contribution in [0.2, 0.25) is 0 Å². The first-order valence-corrected chi connectivity index (χ1v) is 5.75. The highest BCUT2D eigenvalue weighted by atomic mass is 16.3. The molecule has 0 saturated carbocycles. The summed E-state index contributed by atoms with van der Waals surface area (Å²) in [5.41, 5.74) is 5.01. The maximum atomic E-state index is 10.3. The van der Waals surface area contributed by atoms with Gasteiger partial charge in [-0.2, -0.15) is 0 Å². The molecule has 88 valence electrons. The Balaban J connectivity index is 2.36. The summed E-state index contributed by atoms with van der Waals surface area (Å²) in [4.78, 5) is 4.26. The lowest BCUT2D eigenvalue weighted by Gasteiger charge is -2.12. The molecule has 1 aromatic heterocycles. The SMILES string of the molecule is Cc1ccc(C(O)c2cc(C)cc(C)c2)nc1. The number of aryl methyl sites for hydroxylation is 3. The van der Waals surface area contributed by atoms with Gasteiger partial charge in [-0.25, -0.2) is 0 Å². The van der Waals surface area contributed by atoms with Crippen molar-refractivity contribution in [3.63, 3.8) is 0 Å². The summed E-state index contributed by atoms with van der Waals surface area (Å²) in [6.07, 6.45) is 1.13. The van der Waals surface area contributed by atoms with Crippen molar-refractivity contribution in [3.05, 3.63) is 64.5 Å². The maximum Gasteiger partial charge on any atom is 0.121 e. The minimum atomic E-state index is -0.644. The highest BCUT2D eigenvalue weighted by Crippen LogP contribution is 2.22. The number of hydrogen-bond donors (Lipinski definition) is 1. The average molecular weight is 227 g/mol. The number of nitrogens with zero attached hydrogens (tertiary/aromatic N) is 1. The summed E-state index contributed by atoms with van der Waals surface area (Å²) in [5.74, 6) is 0. The second-order valence-corrected chi connectivity index (χ2v) is 4.58. The number of aromatic nitrogens is 1. The number of hydrogen-bond acceptors (Lipinski definition) is 2. The van der Waals surface area contributed by atoms with Gasteiger partial charge in [0.1, 0.15) is 6.10 Å². The summed E-state index contributed by atoms with van der Waals surface area (Å²) in [7, 11) is 0. The van der Waals surface area contributed by atoms with Crippen LogP contribution in [-0.4, -0.2) is 10.1 Å². The van der Waals surface area contributed by atoms with Crippen LogP contribution in [0.25, 0.3) is 0 Å². The van der Waals surface area contributed by atoms with E-state index in [1.807, 2.05) is 45.0 Å². The lowest BCUT2D eigenvalue weighted by Crippen LogP contribution is -2.03. The number of pyridine rings is 1. The third-order valence-corrected chi connectivity index (χ3v) is 2.77. The standard InChI is InChI=1S/C15H17NO/c1-10-4-5-14(16-9-10)15(17)13-7-11(2)6-12(3)8-13/h4-9,15,17H,1-3H3. The van der Waals surface area contributed by atoms with Gasteiger partial charge in [-0.15, -0.1) is 0 Å². The van der Waals surface area contributed by atoms with Gasteiger partial charge in [-0.1, -0.05) is 35.4 Å².